The van der Waals surface area contributed by atoms with Gasteiger partial charge in [0.25, 0.3) is 0 Å². The summed E-state index contributed by atoms with van der Waals surface area (Å²) in [5.74, 6) is 0. The lowest BCUT2D eigenvalue weighted by atomic mass is 10.1. The van der Waals surface area contributed by atoms with Gasteiger partial charge in [-0.05, 0) is 30.5 Å². The van der Waals surface area contributed by atoms with Gasteiger partial charge in [0.05, 0.1) is 5.56 Å². The molecule has 1 fully saturated rings. The van der Waals surface area contributed by atoms with Crippen molar-refractivity contribution >= 4 is 5.70 Å². The summed E-state index contributed by atoms with van der Waals surface area (Å²) in [6.07, 6.45) is -2.02. The fourth-order valence-electron chi connectivity index (χ4n) is 2.02. The van der Waals surface area contributed by atoms with Crippen molar-refractivity contribution in [1.82, 2.24) is 4.90 Å². The Morgan fingerprint density at radius 1 is 1.06 bits per heavy atom. The minimum atomic E-state index is -4.27. The van der Waals surface area contributed by atoms with Gasteiger partial charge < -0.3 is 4.90 Å². The highest BCUT2D eigenvalue weighted by atomic mass is 19.4. The van der Waals surface area contributed by atoms with Gasteiger partial charge in [-0.25, -0.2) is 0 Å². The Morgan fingerprint density at radius 3 is 2.06 bits per heavy atom. The number of hydrogen-bond acceptors (Lipinski definition) is 1. The SMILES string of the molecule is C=C(c1ccc(C(F)(F)F)cc1)N1CCCC1. The maximum atomic E-state index is 12.4. The fourth-order valence-corrected chi connectivity index (χ4v) is 2.02. The molecule has 92 valence electrons. The van der Waals surface area contributed by atoms with Gasteiger partial charge in [0.1, 0.15) is 0 Å². The van der Waals surface area contributed by atoms with Crippen LogP contribution in [0.15, 0.2) is 30.8 Å². The van der Waals surface area contributed by atoms with Crippen molar-refractivity contribution in [2.75, 3.05) is 13.1 Å². The number of hydrogen-bond donors (Lipinski definition) is 0. The minimum absolute atomic E-state index is 0.615. The normalized spacial score (nSPS) is 16.3. The molecule has 0 aromatic heterocycles. The van der Waals surface area contributed by atoms with Crippen molar-refractivity contribution in [3.8, 4) is 0 Å². The van der Waals surface area contributed by atoms with Crippen molar-refractivity contribution in [3.05, 3.63) is 42.0 Å². The number of likely N-dealkylation sites (tertiary alicyclic amines) is 1. The Labute approximate surface area is 98.5 Å². The second kappa shape index (κ2) is 4.43. The van der Waals surface area contributed by atoms with E-state index in [1.165, 1.54) is 12.1 Å². The fraction of sp³-hybridized carbons (Fsp3) is 0.385. The Kier molecular flexibility index (Phi) is 3.13. The first-order valence-electron chi connectivity index (χ1n) is 5.60. The van der Waals surface area contributed by atoms with Crippen LogP contribution in [0, 0.1) is 0 Å². The smallest absolute Gasteiger partial charge is 0.372 e. The first-order chi connectivity index (χ1) is 7.98. The molecule has 0 bridgehead atoms. The Hall–Kier alpha value is -1.45. The van der Waals surface area contributed by atoms with E-state index in [0.29, 0.717) is 0 Å². The predicted octanol–water partition coefficient (Wildman–Crippen LogP) is 3.77. The van der Waals surface area contributed by atoms with E-state index in [4.69, 9.17) is 0 Å². The molecule has 0 saturated carbocycles. The van der Waals surface area contributed by atoms with Crippen molar-refractivity contribution in [1.29, 1.82) is 0 Å². The zero-order valence-electron chi connectivity index (χ0n) is 9.43. The predicted molar refractivity (Wildman–Crippen MR) is 61.3 cm³/mol. The van der Waals surface area contributed by atoms with Crippen LogP contribution >= 0.6 is 0 Å². The Balaban J connectivity index is 2.15. The third-order valence-electron chi connectivity index (χ3n) is 3.03. The molecule has 17 heavy (non-hydrogen) atoms. The topological polar surface area (TPSA) is 3.24 Å². The number of rotatable bonds is 2. The molecule has 1 aliphatic rings. The molecule has 1 aromatic rings. The monoisotopic (exact) mass is 241 g/mol. The maximum absolute atomic E-state index is 12.4. The van der Waals surface area contributed by atoms with Gasteiger partial charge in [0, 0.05) is 18.8 Å². The summed E-state index contributed by atoms with van der Waals surface area (Å²) in [7, 11) is 0. The van der Waals surface area contributed by atoms with E-state index in [2.05, 4.69) is 11.5 Å². The number of benzene rings is 1. The van der Waals surface area contributed by atoms with E-state index >= 15 is 0 Å². The maximum Gasteiger partial charge on any atom is 0.416 e. The van der Waals surface area contributed by atoms with Crippen LogP contribution in [0.4, 0.5) is 13.2 Å². The molecule has 1 saturated heterocycles. The lowest BCUT2D eigenvalue weighted by Gasteiger charge is -2.20. The molecule has 0 amide bonds. The molecule has 0 unspecified atom stereocenters. The molecule has 0 radical (unpaired) electrons. The molecule has 1 nitrogen and oxygen atoms in total. The van der Waals surface area contributed by atoms with Crippen molar-refractivity contribution in [2.24, 2.45) is 0 Å². The highest BCUT2D eigenvalue weighted by molar-refractivity contribution is 5.62. The van der Waals surface area contributed by atoms with Crippen LogP contribution in [0.25, 0.3) is 5.70 Å². The molecule has 4 heteroatoms. The van der Waals surface area contributed by atoms with E-state index in [1.54, 1.807) is 0 Å². The second-order valence-electron chi connectivity index (χ2n) is 4.22. The average Bonchev–Trinajstić information content (AvgIpc) is 2.80. The number of nitrogens with zero attached hydrogens (tertiary/aromatic N) is 1. The molecule has 1 heterocycles. The summed E-state index contributed by atoms with van der Waals surface area (Å²) < 4.78 is 37.2. The van der Waals surface area contributed by atoms with Crippen LogP contribution < -0.4 is 0 Å². The van der Waals surface area contributed by atoms with Gasteiger partial charge in [-0.1, -0.05) is 18.7 Å². The van der Waals surface area contributed by atoms with Crippen LogP contribution in [0.2, 0.25) is 0 Å². The Bertz CT molecular complexity index is 400. The molecule has 1 aromatic carbocycles. The molecule has 0 atom stereocenters. The summed E-state index contributed by atoms with van der Waals surface area (Å²) in [4.78, 5) is 2.11. The van der Waals surface area contributed by atoms with Crippen LogP contribution in [-0.4, -0.2) is 18.0 Å². The molecule has 1 aliphatic heterocycles. The lowest BCUT2D eigenvalue weighted by molar-refractivity contribution is -0.137. The van der Waals surface area contributed by atoms with E-state index < -0.39 is 11.7 Å². The summed E-state index contributed by atoms with van der Waals surface area (Å²) in [6.45, 7) is 5.83. The van der Waals surface area contributed by atoms with Crippen molar-refractivity contribution in [3.63, 3.8) is 0 Å². The molecule has 0 spiro atoms. The summed E-state index contributed by atoms with van der Waals surface area (Å²) >= 11 is 0. The molecule has 0 N–H and O–H groups in total. The molecule has 0 aliphatic carbocycles. The quantitative estimate of drug-likeness (QED) is 0.761. The standard InChI is InChI=1S/C13H14F3N/c1-10(17-8-2-3-9-17)11-4-6-12(7-5-11)13(14,15)16/h4-7H,1-3,8-9H2. The first kappa shape index (κ1) is 12.0. The van der Waals surface area contributed by atoms with E-state index in [1.807, 2.05) is 0 Å². The summed E-state index contributed by atoms with van der Waals surface area (Å²) in [5.41, 5.74) is 0.964. The lowest BCUT2D eigenvalue weighted by Crippen LogP contribution is -2.16. The third kappa shape index (κ3) is 2.62. The van der Waals surface area contributed by atoms with Crippen molar-refractivity contribution < 1.29 is 13.2 Å². The Morgan fingerprint density at radius 2 is 1.59 bits per heavy atom. The van der Waals surface area contributed by atoms with Gasteiger partial charge in [0.15, 0.2) is 0 Å². The highest BCUT2D eigenvalue weighted by Crippen LogP contribution is 2.30. The van der Waals surface area contributed by atoms with Crippen LogP contribution in [0.5, 0.6) is 0 Å². The van der Waals surface area contributed by atoms with Crippen molar-refractivity contribution in [2.45, 2.75) is 19.0 Å². The molecular formula is C13H14F3N. The average molecular weight is 241 g/mol. The largest absolute Gasteiger partial charge is 0.416 e. The van der Waals surface area contributed by atoms with Gasteiger partial charge in [-0.15, -0.1) is 0 Å². The summed E-state index contributed by atoms with van der Waals surface area (Å²) in [6, 6.07) is 5.19. The minimum Gasteiger partial charge on any atom is -0.372 e. The zero-order chi connectivity index (χ0) is 12.5. The number of halogens is 3. The first-order valence-corrected chi connectivity index (χ1v) is 5.60. The van der Waals surface area contributed by atoms with Crippen LogP contribution in [-0.2, 0) is 6.18 Å². The zero-order valence-corrected chi connectivity index (χ0v) is 9.43. The van der Waals surface area contributed by atoms with E-state index in [9.17, 15) is 13.2 Å². The van der Waals surface area contributed by atoms with Gasteiger partial charge >= 0.3 is 6.18 Å². The third-order valence-corrected chi connectivity index (χ3v) is 3.03. The van der Waals surface area contributed by atoms with Crippen LogP contribution in [0.3, 0.4) is 0 Å². The van der Waals surface area contributed by atoms with Gasteiger partial charge in [0.2, 0.25) is 0 Å². The number of alkyl halides is 3. The highest BCUT2D eigenvalue weighted by Gasteiger charge is 2.30. The van der Waals surface area contributed by atoms with E-state index in [0.717, 1.165) is 49.3 Å². The molecule has 2 rings (SSSR count). The second-order valence-corrected chi connectivity index (χ2v) is 4.22. The summed E-state index contributed by atoms with van der Waals surface area (Å²) in [5, 5.41) is 0. The molecular weight excluding hydrogens is 227 g/mol. The van der Waals surface area contributed by atoms with Gasteiger partial charge in [-0.3, -0.25) is 0 Å². The van der Waals surface area contributed by atoms with Crippen LogP contribution in [0.1, 0.15) is 24.0 Å². The van der Waals surface area contributed by atoms with E-state index in [-0.39, 0.29) is 0 Å². The van der Waals surface area contributed by atoms with Gasteiger partial charge in [-0.2, -0.15) is 13.2 Å².